The van der Waals surface area contributed by atoms with E-state index in [1.54, 1.807) is 42.3 Å². The molecule has 12 nitrogen and oxygen atoms in total. The van der Waals surface area contributed by atoms with Gasteiger partial charge in [-0.2, -0.15) is 4.98 Å². The number of nitro benzene ring substituents is 1. The molecule has 0 aliphatic carbocycles. The Balaban J connectivity index is 1.77. The second-order valence-corrected chi connectivity index (χ2v) is 8.33. The molecule has 2 heterocycles. The van der Waals surface area contributed by atoms with Gasteiger partial charge in [0.15, 0.2) is 0 Å². The monoisotopic (exact) mass is 495 g/mol. The molecule has 2 aromatic heterocycles. The zero-order valence-corrected chi connectivity index (χ0v) is 20.3. The minimum Gasteiger partial charge on any atom is -0.494 e. The fraction of sp³-hybridized carbons (Fsp3) is 0.292. The molecule has 0 atom stereocenters. The van der Waals surface area contributed by atoms with Gasteiger partial charge in [0, 0.05) is 55.6 Å². The molecule has 12 heteroatoms. The molecule has 0 saturated carbocycles. The first-order valence-corrected chi connectivity index (χ1v) is 11.0. The molecule has 0 radical (unpaired) electrons. The van der Waals surface area contributed by atoms with Crippen molar-refractivity contribution in [1.29, 1.82) is 0 Å². The molecule has 0 amide bonds. The average molecular weight is 496 g/mol. The fourth-order valence-corrected chi connectivity index (χ4v) is 3.77. The Hall–Kier alpha value is -4.45. The van der Waals surface area contributed by atoms with Gasteiger partial charge in [0.2, 0.25) is 5.95 Å². The highest BCUT2D eigenvalue weighted by molar-refractivity contribution is 5.78. The summed E-state index contributed by atoms with van der Waals surface area (Å²) in [7, 11) is 7.03. The second kappa shape index (κ2) is 10.0. The largest absolute Gasteiger partial charge is 0.494 e. The molecule has 36 heavy (non-hydrogen) atoms. The van der Waals surface area contributed by atoms with Crippen molar-refractivity contribution in [3.05, 3.63) is 69.3 Å². The average Bonchev–Trinajstić information content (AvgIpc) is 3.19. The Bertz CT molecular complexity index is 1580. The summed E-state index contributed by atoms with van der Waals surface area (Å²) >= 11 is 0. The number of para-hydroxylation sites is 2. The lowest BCUT2D eigenvalue weighted by atomic mass is 10.2. The molecule has 4 rings (SSSR count). The molecule has 188 valence electrons. The maximum atomic E-state index is 13.2. The van der Waals surface area contributed by atoms with Crippen LogP contribution in [0.15, 0.2) is 53.5 Å². The van der Waals surface area contributed by atoms with Crippen LogP contribution in [0.2, 0.25) is 0 Å². The second-order valence-electron chi connectivity index (χ2n) is 8.33. The molecular weight excluding hydrogens is 464 g/mol. The Morgan fingerprint density at radius 3 is 2.58 bits per heavy atom. The summed E-state index contributed by atoms with van der Waals surface area (Å²) in [4.78, 5) is 37.0. The summed E-state index contributed by atoms with van der Waals surface area (Å²) in [5, 5.41) is 14.9. The summed E-state index contributed by atoms with van der Waals surface area (Å²) < 4.78 is 30.9. The molecule has 0 aliphatic heterocycles. The Morgan fingerprint density at radius 1 is 1.17 bits per heavy atom. The highest BCUT2D eigenvalue weighted by atomic mass is 16.6. The maximum Gasteiger partial charge on any atom is 0.334 e. The van der Waals surface area contributed by atoms with Gasteiger partial charge in [-0.05, 0) is 26.2 Å². The van der Waals surface area contributed by atoms with Gasteiger partial charge in [-0.25, -0.2) is 14.3 Å². The number of ether oxygens (including phenoxy) is 1. The summed E-state index contributed by atoms with van der Waals surface area (Å²) in [6.07, 6.45) is 1.39. The predicted molar refractivity (Wildman–Crippen MR) is 139 cm³/mol. The number of aromatic nitrogens is 4. The minimum atomic E-state index is -2.70. The molecule has 1 N–H and O–H groups in total. The van der Waals surface area contributed by atoms with Crippen molar-refractivity contribution < 1.29 is 13.8 Å². The topological polar surface area (TPSA) is 124 Å². The van der Waals surface area contributed by atoms with Crippen LogP contribution in [0, 0.1) is 10.1 Å². The number of nitro groups is 1. The molecule has 0 unspecified atom stereocenters. The van der Waals surface area contributed by atoms with Gasteiger partial charge in [0.1, 0.15) is 17.3 Å². The van der Waals surface area contributed by atoms with Gasteiger partial charge in [-0.3, -0.25) is 14.7 Å². The normalized spacial score (nSPS) is 12.8. The van der Waals surface area contributed by atoms with Crippen LogP contribution in [0.4, 0.5) is 23.0 Å². The van der Waals surface area contributed by atoms with Crippen molar-refractivity contribution in [3.8, 4) is 11.6 Å². The third-order valence-electron chi connectivity index (χ3n) is 5.65. The number of methoxy groups -OCH3 is 1. The fourth-order valence-electron chi connectivity index (χ4n) is 3.77. The van der Waals surface area contributed by atoms with E-state index in [4.69, 9.17) is 8.85 Å². The number of hydrogen-bond donors (Lipinski definition) is 1. The van der Waals surface area contributed by atoms with Crippen LogP contribution in [-0.2, 0) is 6.98 Å². The van der Waals surface area contributed by atoms with E-state index in [2.05, 4.69) is 15.3 Å². The molecule has 0 fully saturated rings. The van der Waals surface area contributed by atoms with E-state index in [-0.39, 0.29) is 28.7 Å². The van der Waals surface area contributed by atoms with Gasteiger partial charge >= 0.3 is 5.69 Å². The minimum absolute atomic E-state index is 0.0198. The first-order chi connectivity index (χ1) is 18.4. The van der Waals surface area contributed by atoms with E-state index in [0.29, 0.717) is 30.0 Å². The Labute approximate surface area is 211 Å². The first-order valence-electron chi connectivity index (χ1n) is 12.5. The molecule has 0 aliphatic rings. The van der Waals surface area contributed by atoms with Crippen LogP contribution < -0.4 is 20.6 Å². The smallest absolute Gasteiger partial charge is 0.334 e. The number of nitrogens with one attached hydrogen (secondary N) is 1. The summed E-state index contributed by atoms with van der Waals surface area (Å²) in [6, 6.07) is 10.8. The lowest BCUT2D eigenvalue weighted by Gasteiger charge is -2.22. The number of aryl methyl sites for hydroxylation is 1. The third-order valence-corrected chi connectivity index (χ3v) is 5.65. The molecule has 0 spiro atoms. The van der Waals surface area contributed by atoms with Crippen molar-refractivity contribution in [1.82, 2.24) is 24.0 Å². The summed E-state index contributed by atoms with van der Waals surface area (Å²) in [5.41, 5.74) is 0.252. The van der Waals surface area contributed by atoms with Crippen molar-refractivity contribution >= 4 is 34.0 Å². The van der Waals surface area contributed by atoms with Crippen LogP contribution in [0.25, 0.3) is 16.9 Å². The number of imidazole rings is 1. The van der Waals surface area contributed by atoms with Crippen LogP contribution in [0.5, 0.6) is 5.75 Å². The predicted octanol–water partition coefficient (Wildman–Crippen LogP) is 2.78. The van der Waals surface area contributed by atoms with Crippen LogP contribution >= 0.6 is 0 Å². The SMILES string of the molecule is [2H]C([2H])([2H])n1c(=O)n(-c2ccnc(Nc3cc([N+](=O)[O-])c(N(C)CCN(C)C)cc3OC)n2)c2ccccc21. The molecular formula is C24H28N8O4. The number of fused-ring (bicyclic) bond motifs is 1. The van der Waals surface area contributed by atoms with Gasteiger partial charge < -0.3 is 19.9 Å². The van der Waals surface area contributed by atoms with Gasteiger partial charge in [0.25, 0.3) is 5.69 Å². The first kappa shape index (κ1) is 20.9. The van der Waals surface area contributed by atoms with Crippen LogP contribution in [0.1, 0.15) is 4.11 Å². The highest BCUT2D eigenvalue weighted by Gasteiger charge is 2.22. The van der Waals surface area contributed by atoms with Crippen molar-refractivity contribution in [3.63, 3.8) is 0 Å². The zero-order chi connectivity index (χ0) is 28.5. The highest BCUT2D eigenvalue weighted by Crippen LogP contribution is 2.38. The van der Waals surface area contributed by atoms with Crippen LogP contribution in [-0.4, -0.2) is 70.3 Å². The van der Waals surface area contributed by atoms with E-state index >= 15 is 0 Å². The standard InChI is InChI=1S/C24H28N8O4/c1-28(2)12-13-29(3)19-15-21(36-5)16(14-20(19)32(34)35)26-23-25-11-10-22(27-23)31-18-9-7-6-8-17(18)30(4)24(31)33/h6-11,14-15H,12-13H2,1-5H3,(H,25,26,27)/i4D3. The van der Waals surface area contributed by atoms with E-state index in [1.807, 2.05) is 19.0 Å². The van der Waals surface area contributed by atoms with E-state index in [9.17, 15) is 14.9 Å². The number of rotatable bonds is 9. The van der Waals surface area contributed by atoms with Crippen molar-refractivity contribution in [2.75, 3.05) is 51.6 Å². The number of nitrogens with zero attached hydrogens (tertiary/aromatic N) is 7. The van der Waals surface area contributed by atoms with E-state index in [1.165, 1.54) is 30.0 Å². The Kier molecular flexibility index (Phi) is 5.82. The van der Waals surface area contributed by atoms with Gasteiger partial charge in [-0.15, -0.1) is 0 Å². The number of likely N-dealkylation sites (N-methyl/N-ethyl adjacent to an activating group) is 2. The lowest BCUT2D eigenvalue weighted by Crippen LogP contribution is -2.29. The molecule has 4 aromatic rings. The maximum absolute atomic E-state index is 13.2. The molecule has 0 bridgehead atoms. The Morgan fingerprint density at radius 2 is 1.92 bits per heavy atom. The van der Waals surface area contributed by atoms with Gasteiger partial charge in [-0.1, -0.05) is 12.1 Å². The van der Waals surface area contributed by atoms with E-state index < -0.39 is 17.6 Å². The van der Waals surface area contributed by atoms with Crippen molar-refractivity contribution in [2.24, 2.45) is 6.98 Å². The summed E-state index contributed by atoms with van der Waals surface area (Å²) in [5.74, 6) is 0.453. The van der Waals surface area contributed by atoms with E-state index in [0.717, 1.165) is 4.57 Å². The molecule has 0 saturated heterocycles. The zero-order valence-electron chi connectivity index (χ0n) is 23.3. The molecule has 2 aromatic carbocycles. The lowest BCUT2D eigenvalue weighted by molar-refractivity contribution is -0.384. The third kappa shape index (κ3) is 4.70. The summed E-state index contributed by atoms with van der Waals surface area (Å²) in [6.45, 7) is -1.47. The van der Waals surface area contributed by atoms with Crippen molar-refractivity contribution in [2.45, 2.75) is 0 Å². The number of benzene rings is 2. The quantitative estimate of drug-likeness (QED) is 0.276. The van der Waals surface area contributed by atoms with Crippen LogP contribution in [0.3, 0.4) is 0 Å². The number of hydrogen-bond acceptors (Lipinski definition) is 9. The number of anilines is 3. The van der Waals surface area contributed by atoms with Gasteiger partial charge in [0.05, 0.1) is 28.8 Å².